The minimum atomic E-state index is -4.09. The van der Waals surface area contributed by atoms with Gasteiger partial charge in [-0.05, 0) is 24.3 Å². The Hall–Kier alpha value is -3.54. The average molecular weight is 486 g/mol. The molecule has 2 aromatic carbocycles. The summed E-state index contributed by atoms with van der Waals surface area (Å²) < 4.78 is 30.5. The number of aromatic nitrogens is 2. The topological polar surface area (TPSA) is 126 Å². The second kappa shape index (κ2) is 7.55. The molecule has 0 amide bonds. The molecule has 32 heavy (non-hydrogen) atoms. The summed E-state index contributed by atoms with van der Waals surface area (Å²) in [5.41, 5.74) is -0.501. The summed E-state index contributed by atoms with van der Waals surface area (Å²) in [6.07, 6.45) is 2.90. The van der Waals surface area contributed by atoms with E-state index in [1.165, 1.54) is 29.8 Å². The number of fused-ring (bicyclic) bond motifs is 2. The molecule has 2 N–H and O–H groups in total. The number of hydrogen-bond donors (Lipinski definition) is 2. The second-order valence-electron chi connectivity index (χ2n) is 6.65. The number of pyridine rings is 1. The van der Waals surface area contributed by atoms with Gasteiger partial charge in [0.1, 0.15) is 16.2 Å². The van der Waals surface area contributed by atoms with Crippen molar-refractivity contribution in [2.24, 2.45) is 9.50 Å². The first kappa shape index (κ1) is 20.4. The smallest absolute Gasteiger partial charge is 0.286 e. The van der Waals surface area contributed by atoms with Crippen molar-refractivity contribution >= 4 is 61.6 Å². The van der Waals surface area contributed by atoms with Crippen LogP contribution in [0.3, 0.4) is 0 Å². The normalized spacial score (nSPS) is 14.8. The van der Waals surface area contributed by atoms with E-state index in [9.17, 15) is 18.3 Å². The number of benzene rings is 2. The predicted octanol–water partition coefficient (Wildman–Crippen LogP) is 3.26. The Morgan fingerprint density at radius 1 is 1.16 bits per heavy atom. The molecule has 2 aromatic heterocycles. The fourth-order valence-corrected chi connectivity index (χ4v) is 5.24. The van der Waals surface area contributed by atoms with Crippen molar-refractivity contribution in [2.75, 3.05) is 5.32 Å². The molecule has 5 rings (SSSR count). The van der Waals surface area contributed by atoms with Gasteiger partial charge in [-0.1, -0.05) is 35.9 Å². The van der Waals surface area contributed by atoms with E-state index in [0.29, 0.717) is 20.2 Å². The van der Waals surface area contributed by atoms with Gasteiger partial charge in [-0.15, -0.1) is 15.7 Å². The van der Waals surface area contributed by atoms with Crippen molar-refractivity contribution in [2.45, 2.75) is 4.90 Å². The summed E-state index contributed by atoms with van der Waals surface area (Å²) in [6, 6.07) is 12.7. The van der Waals surface area contributed by atoms with Gasteiger partial charge in [-0.2, -0.15) is 18.2 Å². The molecular weight excluding hydrogens is 474 g/mol. The van der Waals surface area contributed by atoms with Gasteiger partial charge in [-0.25, -0.2) is 4.98 Å². The molecule has 0 radical (unpaired) electrons. The van der Waals surface area contributed by atoms with Crippen LogP contribution in [-0.2, 0) is 10.0 Å². The highest BCUT2D eigenvalue weighted by atomic mass is 35.5. The summed E-state index contributed by atoms with van der Waals surface area (Å²) in [4.78, 5) is 17.9. The zero-order chi connectivity index (χ0) is 22.5. The number of hydrogen-bond acceptors (Lipinski definition) is 8. The molecule has 0 fully saturated rings. The summed E-state index contributed by atoms with van der Waals surface area (Å²) in [7, 11) is -4.09. The maximum atomic E-state index is 13.4. The third-order valence-corrected chi connectivity index (χ3v) is 7.08. The maximum absolute atomic E-state index is 13.4. The lowest BCUT2D eigenvalue weighted by molar-refractivity contribution is 0.478. The first-order valence-corrected chi connectivity index (χ1v) is 11.7. The Balaban J connectivity index is 1.76. The monoisotopic (exact) mass is 485 g/mol. The van der Waals surface area contributed by atoms with Crippen molar-refractivity contribution < 1.29 is 13.5 Å². The minimum absolute atomic E-state index is 0.0237. The zero-order valence-electron chi connectivity index (χ0n) is 15.9. The number of thiazole rings is 1. The Morgan fingerprint density at radius 2 is 1.91 bits per heavy atom. The van der Waals surface area contributed by atoms with Gasteiger partial charge < -0.3 is 10.4 Å². The lowest BCUT2D eigenvalue weighted by Gasteiger charge is -2.19. The van der Waals surface area contributed by atoms with Crippen molar-refractivity contribution in [1.29, 1.82) is 0 Å². The number of sulfonamides is 1. The second-order valence-corrected chi connectivity index (χ2v) is 9.87. The molecule has 1 aliphatic rings. The van der Waals surface area contributed by atoms with E-state index in [1.807, 2.05) is 0 Å². The van der Waals surface area contributed by atoms with Crippen LogP contribution >= 0.6 is 22.9 Å². The SMILES string of the molecule is O=c1c(C2=NS(=O)(=O)c3ccccc3N2)c(O)c2ccccc2n1N=Cc1cnc(Cl)s1. The first-order valence-electron chi connectivity index (χ1n) is 9.09. The maximum Gasteiger partial charge on any atom is 0.286 e. The molecule has 0 aliphatic carbocycles. The molecule has 160 valence electrons. The summed E-state index contributed by atoms with van der Waals surface area (Å²) in [6.45, 7) is 0. The molecular formula is C20H12ClN5O4S2. The Morgan fingerprint density at radius 3 is 2.69 bits per heavy atom. The van der Waals surface area contributed by atoms with Gasteiger partial charge >= 0.3 is 0 Å². The number of rotatable bonds is 3. The average Bonchev–Trinajstić information content (AvgIpc) is 3.18. The summed E-state index contributed by atoms with van der Waals surface area (Å²) in [5, 5.41) is 18.3. The fourth-order valence-electron chi connectivity index (χ4n) is 3.30. The number of halogens is 1. The van der Waals surface area contributed by atoms with Crippen LogP contribution in [0.4, 0.5) is 5.69 Å². The largest absolute Gasteiger partial charge is 0.506 e. The molecule has 12 heteroatoms. The van der Waals surface area contributed by atoms with E-state index in [-0.39, 0.29) is 22.0 Å². The standard InChI is InChI=1S/C20H12ClN5O4S2/c21-20-22-9-11(31-20)10-23-26-14-7-3-1-5-12(14)17(27)16(19(26)28)18-24-13-6-2-4-8-15(13)32(29,30)25-18/h1-10,27H,(H,24,25). The minimum Gasteiger partial charge on any atom is -0.506 e. The molecule has 0 spiro atoms. The van der Waals surface area contributed by atoms with E-state index in [4.69, 9.17) is 11.6 Å². The highest BCUT2D eigenvalue weighted by Gasteiger charge is 2.29. The van der Waals surface area contributed by atoms with Crippen molar-refractivity contribution in [3.63, 3.8) is 0 Å². The van der Waals surface area contributed by atoms with Crippen LogP contribution in [0.2, 0.25) is 4.47 Å². The van der Waals surface area contributed by atoms with Crippen LogP contribution in [-0.4, -0.2) is 35.2 Å². The van der Waals surface area contributed by atoms with Gasteiger partial charge in [-0.3, -0.25) is 4.79 Å². The molecule has 0 unspecified atom stereocenters. The Kier molecular flexibility index (Phi) is 4.81. The van der Waals surface area contributed by atoms with Crippen molar-refractivity contribution in [1.82, 2.24) is 9.66 Å². The third kappa shape index (κ3) is 3.36. The van der Waals surface area contributed by atoms with E-state index in [1.54, 1.807) is 42.5 Å². The number of nitrogens with one attached hydrogen (secondary N) is 1. The van der Waals surface area contributed by atoms with E-state index < -0.39 is 21.3 Å². The zero-order valence-corrected chi connectivity index (χ0v) is 18.3. The number of amidine groups is 1. The molecule has 3 heterocycles. The van der Waals surface area contributed by atoms with Gasteiger partial charge in [0.05, 0.1) is 22.3 Å². The quantitative estimate of drug-likeness (QED) is 0.429. The number of aromatic hydroxyl groups is 1. The van der Waals surface area contributed by atoms with Crippen LogP contribution < -0.4 is 10.9 Å². The lowest BCUT2D eigenvalue weighted by Crippen LogP contribution is -2.31. The van der Waals surface area contributed by atoms with Crippen LogP contribution in [0, 0.1) is 0 Å². The molecule has 9 nitrogen and oxygen atoms in total. The van der Waals surface area contributed by atoms with E-state index >= 15 is 0 Å². The Labute approximate surface area is 190 Å². The lowest BCUT2D eigenvalue weighted by atomic mass is 10.1. The van der Waals surface area contributed by atoms with E-state index in [0.717, 1.165) is 4.68 Å². The van der Waals surface area contributed by atoms with Crippen LogP contribution in [0.25, 0.3) is 10.9 Å². The number of anilines is 1. The summed E-state index contributed by atoms with van der Waals surface area (Å²) >= 11 is 7.02. The fraction of sp³-hybridized carbons (Fsp3) is 0. The highest BCUT2D eigenvalue weighted by Crippen LogP contribution is 2.32. The van der Waals surface area contributed by atoms with Crippen LogP contribution in [0.5, 0.6) is 5.75 Å². The van der Waals surface area contributed by atoms with Gasteiger partial charge in [0.2, 0.25) is 0 Å². The Bertz CT molecular complexity index is 1620. The highest BCUT2D eigenvalue weighted by molar-refractivity contribution is 7.90. The van der Waals surface area contributed by atoms with Gasteiger partial charge in [0.15, 0.2) is 10.3 Å². The molecule has 0 saturated heterocycles. The van der Waals surface area contributed by atoms with Crippen molar-refractivity contribution in [3.05, 3.63) is 80.0 Å². The molecule has 0 atom stereocenters. The van der Waals surface area contributed by atoms with Gasteiger partial charge in [0, 0.05) is 11.6 Å². The summed E-state index contributed by atoms with van der Waals surface area (Å²) in [5.74, 6) is -0.694. The number of nitrogens with zero attached hydrogens (tertiary/aromatic N) is 4. The number of para-hydroxylation sites is 2. The third-order valence-electron chi connectivity index (χ3n) is 4.69. The van der Waals surface area contributed by atoms with E-state index in [2.05, 4.69) is 19.8 Å². The molecule has 4 aromatic rings. The first-order chi connectivity index (χ1) is 15.3. The van der Waals surface area contributed by atoms with Crippen LogP contribution in [0.1, 0.15) is 10.4 Å². The van der Waals surface area contributed by atoms with Gasteiger partial charge in [0.25, 0.3) is 15.6 Å². The predicted molar refractivity (Wildman–Crippen MR) is 124 cm³/mol. The molecule has 1 aliphatic heterocycles. The van der Waals surface area contributed by atoms with Crippen LogP contribution in [0.15, 0.2) is 73.9 Å². The molecule has 0 saturated carbocycles. The molecule has 0 bridgehead atoms. The van der Waals surface area contributed by atoms with Crippen molar-refractivity contribution in [3.8, 4) is 5.75 Å².